The van der Waals surface area contributed by atoms with Gasteiger partial charge in [-0.2, -0.15) is 0 Å². The number of hydrogen-bond acceptors (Lipinski definition) is 7. The fourth-order valence-corrected chi connectivity index (χ4v) is 1.53. The van der Waals surface area contributed by atoms with Gasteiger partial charge in [0.2, 0.25) is 0 Å². The number of nitrogen functional groups attached to an aromatic ring is 1. The van der Waals surface area contributed by atoms with Gasteiger partial charge in [-0.3, -0.25) is 0 Å². The van der Waals surface area contributed by atoms with Crippen molar-refractivity contribution in [1.82, 2.24) is 9.97 Å². The van der Waals surface area contributed by atoms with Crippen LogP contribution in [0.4, 0.5) is 17.3 Å². The first-order valence-corrected chi connectivity index (χ1v) is 5.54. The molecule has 4 N–H and O–H groups in total. The van der Waals surface area contributed by atoms with Crippen molar-refractivity contribution in [3.05, 3.63) is 30.6 Å². The van der Waals surface area contributed by atoms with E-state index in [2.05, 4.69) is 20.7 Å². The highest BCUT2D eigenvalue weighted by Gasteiger charge is 2.03. The number of anilines is 3. The monoisotopic (exact) mass is 261 g/mol. The first-order valence-electron chi connectivity index (χ1n) is 5.54. The molecule has 0 saturated heterocycles. The van der Waals surface area contributed by atoms with E-state index < -0.39 is 0 Å². The van der Waals surface area contributed by atoms with Gasteiger partial charge in [-0.1, -0.05) is 0 Å². The molecule has 7 nitrogen and oxygen atoms in total. The van der Waals surface area contributed by atoms with Gasteiger partial charge in [0, 0.05) is 30.0 Å². The van der Waals surface area contributed by atoms with Crippen molar-refractivity contribution in [3.63, 3.8) is 0 Å². The number of nitrogens with one attached hydrogen (secondary N) is 2. The normalized spacial score (nSPS) is 9.84. The van der Waals surface area contributed by atoms with E-state index in [0.717, 1.165) is 5.69 Å². The van der Waals surface area contributed by atoms with Crippen LogP contribution in [0.1, 0.15) is 0 Å². The highest BCUT2D eigenvalue weighted by atomic mass is 16.5. The summed E-state index contributed by atoms with van der Waals surface area (Å²) < 4.78 is 10.4. The van der Waals surface area contributed by atoms with Gasteiger partial charge in [0.05, 0.1) is 14.2 Å². The van der Waals surface area contributed by atoms with Gasteiger partial charge in [-0.25, -0.2) is 15.8 Å². The molecule has 0 aliphatic rings. The number of methoxy groups -OCH3 is 2. The van der Waals surface area contributed by atoms with E-state index in [1.165, 1.54) is 6.33 Å². The number of hydrazine groups is 1. The minimum absolute atomic E-state index is 0.521. The molecule has 7 heteroatoms. The number of benzene rings is 1. The van der Waals surface area contributed by atoms with Gasteiger partial charge >= 0.3 is 0 Å². The molecule has 0 radical (unpaired) electrons. The Morgan fingerprint density at radius 2 is 1.58 bits per heavy atom. The zero-order valence-corrected chi connectivity index (χ0v) is 10.7. The Kier molecular flexibility index (Phi) is 3.99. The molecule has 0 bridgehead atoms. The molecular weight excluding hydrogens is 246 g/mol. The lowest BCUT2D eigenvalue weighted by Crippen LogP contribution is -2.09. The van der Waals surface area contributed by atoms with E-state index in [0.29, 0.717) is 23.1 Å². The van der Waals surface area contributed by atoms with E-state index in [1.54, 1.807) is 26.4 Å². The quantitative estimate of drug-likeness (QED) is 0.555. The molecule has 0 fully saturated rings. The zero-order valence-electron chi connectivity index (χ0n) is 10.7. The Hall–Kier alpha value is -2.54. The van der Waals surface area contributed by atoms with Gasteiger partial charge in [0.25, 0.3) is 0 Å². The lowest BCUT2D eigenvalue weighted by Gasteiger charge is -2.10. The summed E-state index contributed by atoms with van der Waals surface area (Å²) in [7, 11) is 3.19. The average Bonchev–Trinajstić information content (AvgIpc) is 2.47. The minimum atomic E-state index is 0.521. The maximum absolute atomic E-state index is 5.30. The largest absolute Gasteiger partial charge is 0.497 e. The van der Waals surface area contributed by atoms with Crippen LogP contribution in [0.15, 0.2) is 30.6 Å². The van der Waals surface area contributed by atoms with Crippen LogP contribution < -0.4 is 26.1 Å². The molecule has 0 aliphatic heterocycles. The van der Waals surface area contributed by atoms with Gasteiger partial charge in [0.1, 0.15) is 29.5 Å². The van der Waals surface area contributed by atoms with Crippen LogP contribution >= 0.6 is 0 Å². The highest BCUT2D eigenvalue weighted by molar-refractivity contribution is 5.62. The third kappa shape index (κ3) is 3.23. The molecule has 1 aromatic carbocycles. The first kappa shape index (κ1) is 12.9. The van der Waals surface area contributed by atoms with Crippen molar-refractivity contribution >= 4 is 17.3 Å². The second-order valence-corrected chi connectivity index (χ2v) is 3.66. The van der Waals surface area contributed by atoms with Crippen LogP contribution in [-0.2, 0) is 0 Å². The second-order valence-electron chi connectivity index (χ2n) is 3.66. The fourth-order valence-electron chi connectivity index (χ4n) is 1.53. The molecule has 0 amide bonds. The van der Waals surface area contributed by atoms with Crippen molar-refractivity contribution in [2.24, 2.45) is 5.84 Å². The summed E-state index contributed by atoms with van der Waals surface area (Å²) in [6, 6.07) is 7.14. The molecular formula is C12H15N5O2. The minimum Gasteiger partial charge on any atom is -0.497 e. The molecule has 19 heavy (non-hydrogen) atoms. The molecule has 0 unspecified atom stereocenters. The number of rotatable bonds is 5. The lowest BCUT2D eigenvalue weighted by atomic mass is 10.2. The van der Waals surface area contributed by atoms with Crippen molar-refractivity contribution in [1.29, 1.82) is 0 Å². The molecule has 0 atom stereocenters. The summed E-state index contributed by atoms with van der Waals surface area (Å²) in [5.41, 5.74) is 3.25. The van der Waals surface area contributed by atoms with E-state index in [9.17, 15) is 0 Å². The Labute approximate surface area is 110 Å². The van der Waals surface area contributed by atoms with Crippen LogP contribution in [-0.4, -0.2) is 24.2 Å². The summed E-state index contributed by atoms with van der Waals surface area (Å²) in [5.74, 6) is 7.80. The molecule has 1 aromatic heterocycles. The lowest BCUT2D eigenvalue weighted by molar-refractivity contribution is 0.395. The highest BCUT2D eigenvalue weighted by Crippen LogP contribution is 2.27. The number of nitrogens with two attached hydrogens (primary N) is 1. The Morgan fingerprint density at radius 1 is 0.947 bits per heavy atom. The van der Waals surface area contributed by atoms with Crippen LogP contribution in [0.2, 0.25) is 0 Å². The number of hydrogen-bond donors (Lipinski definition) is 3. The third-order valence-electron chi connectivity index (χ3n) is 2.44. The Balaban J connectivity index is 2.26. The van der Waals surface area contributed by atoms with Crippen LogP contribution in [0.3, 0.4) is 0 Å². The van der Waals surface area contributed by atoms with Gasteiger partial charge < -0.3 is 20.2 Å². The predicted molar refractivity (Wildman–Crippen MR) is 72.7 cm³/mol. The average molecular weight is 261 g/mol. The molecule has 2 aromatic rings. The summed E-state index contributed by atoms with van der Waals surface area (Å²) in [6.45, 7) is 0. The zero-order chi connectivity index (χ0) is 13.7. The Morgan fingerprint density at radius 3 is 2.16 bits per heavy atom. The van der Waals surface area contributed by atoms with Crippen molar-refractivity contribution in [2.45, 2.75) is 0 Å². The fraction of sp³-hybridized carbons (Fsp3) is 0.167. The number of ether oxygens (including phenoxy) is 2. The maximum Gasteiger partial charge on any atom is 0.145 e. The van der Waals surface area contributed by atoms with E-state index in [-0.39, 0.29) is 0 Å². The van der Waals surface area contributed by atoms with Crippen LogP contribution in [0.5, 0.6) is 11.5 Å². The van der Waals surface area contributed by atoms with Gasteiger partial charge in [-0.05, 0) is 0 Å². The molecule has 100 valence electrons. The molecule has 0 aliphatic carbocycles. The third-order valence-corrected chi connectivity index (χ3v) is 2.44. The van der Waals surface area contributed by atoms with Gasteiger partial charge in [0.15, 0.2) is 0 Å². The summed E-state index contributed by atoms with van der Waals surface area (Å²) in [4.78, 5) is 8.02. The number of aromatic nitrogens is 2. The molecule has 1 heterocycles. The van der Waals surface area contributed by atoms with Crippen LogP contribution in [0, 0.1) is 0 Å². The first-order chi connectivity index (χ1) is 9.25. The predicted octanol–water partition coefficient (Wildman–Crippen LogP) is 1.52. The second kappa shape index (κ2) is 5.87. The molecule has 0 spiro atoms. The summed E-state index contributed by atoms with van der Waals surface area (Å²) in [5, 5.41) is 3.12. The van der Waals surface area contributed by atoms with Crippen molar-refractivity contribution in [2.75, 3.05) is 25.0 Å². The van der Waals surface area contributed by atoms with E-state index in [4.69, 9.17) is 15.3 Å². The van der Waals surface area contributed by atoms with E-state index >= 15 is 0 Å². The summed E-state index contributed by atoms with van der Waals surface area (Å²) >= 11 is 0. The van der Waals surface area contributed by atoms with Crippen LogP contribution in [0.25, 0.3) is 0 Å². The van der Waals surface area contributed by atoms with Gasteiger partial charge in [-0.15, -0.1) is 0 Å². The standard InChI is InChI=1S/C12H15N5O2/c1-18-9-3-8(4-10(5-9)19-2)16-11-6-12(17-13)15-7-14-11/h3-7H,13H2,1-2H3,(H2,14,15,16,17). The van der Waals surface area contributed by atoms with Crippen molar-refractivity contribution in [3.8, 4) is 11.5 Å². The Bertz CT molecular complexity index is 539. The maximum atomic E-state index is 5.30. The number of nitrogens with zero attached hydrogens (tertiary/aromatic N) is 2. The molecule has 0 saturated carbocycles. The molecule has 2 rings (SSSR count). The summed E-state index contributed by atoms with van der Waals surface area (Å²) in [6.07, 6.45) is 1.41. The SMILES string of the molecule is COc1cc(Nc2cc(NN)ncn2)cc(OC)c1. The van der Waals surface area contributed by atoms with Crippen molar-refractivity contribution < 1.29 is 9.47 Å². The topological polar surface area (TPSA) is 94.3 Å². The smallest absolute Gasteiger partial charge is 0.145 e. The van der Waals surface area contributed by atoms with E-state index in [1.807, 2.05) is 12.1 Å².